The summed E-state index contributed by atoms with van der Waals surface area (Å²) in [6.07, 6.45) is 10.3. The van der Waals surface area contributed by atoms with Gasteiger partial charge >= 0.3 is 0 Å². The summed E-state index contributed by atoms with van der Waals surface area (Å²) < 4.78 is 0. The predicted molar refractivity (Wildman–Crippen MR) is 61.9 cm³/mol. The molecule has 0 N–H and O–H groups in total. The third-order valence-corrected chi connectivity index (χ3v) is 2.15. The highest BCUT2D eigenvalue weighted by molar-refractivity contribution is 5.34. The van der Waals surface area contributed by atoms with Crippen molar-refractivity contribution in [2.75, 3.05) is 0 Å². The molecule has 0 amide bonds. The van der Waals surface area contributed by atoms with Gasteiger partial charge in [-0.3, -0.25) is 0 Å². The second-order valence-electron chi connectivity index (χ2n) is 3.44. The Morgan fingerprint density at radius 3 is 2.38 bits per heavy atom. The van der Waals surface area contributed by atoms with Gasteiger partial charge in [-0.25, -0.2) is 0 Å². The lowest BCUT2D eigenvalue weighted by atomic mass is 10.0. The molecule has 0 fully saturated rings. The van der Waals surface area contributed by atoms with E-state index >= 15 is 0 Å². The Morgan fingerprint density at radius 2 is 1.85 bits per heavy atom. The molecule has 0 atom stereocenters. The molecule has 0 aromatic carbocycles. The van der Waals surface area contributed by atoms with Crippen LogP contribution in [0.2, 0.25) is 0 Å². The van der Waals surface area contributed by atoms with Crippen LogP contribution in [0.15, 0.2) is 36.5 Å². The minimum atomic E-state index is 1.08. The van der Waals surface area contributed by atoms with E-state index in [1.807, 2.05) is 19.1 Å². The van der Waals surface area contributed by atoms with Gasteiger partial charge in [0, 0.05) is 0 Å². The molecule has 0 heteroatoms. The molecule has 0 unspecified atom stereocenters. The van der Waals surface area contributed by atoms with Gasteiger partial charge in [0.1, 0.15) is 0 Å². The van der Waals surface area contributed by atoms with Crippen LogP contribution in [0.3, 0.4) is 0 Å². The Kier molecular flexibility index (Phi) is 7.38. The van der Waals surface area contributed by atoms with Gasteiger partial charge in [-0.05, 0) is 30.9 Å². The number of unbranched alkanes of at least 4 members (excludes halogenated alkanes) is 3. The Balaban J connectivity index is 3.56. The summed E-state index contributed by atoms with van der Waals surface area (Å²) >= 11 is 0. The monoisotopic (exact) mass is 178 g/mol. The third-order valence-electron chi connectivity index (χ3n) is 2.15. The first-order valence-corrected chi connectivity index (χ1v) is 5.22. The number of allylic oxidation sites excluding steroid dienone is 4. The minimum absolute atomic E-state index is 1.08. The van der Waals surface area contributed by atoms with Crippen LogP contribution in [0.5, 0.6) is 0 Å². The van der Waals surface area contributed by atoms with Crippen LogP contribution < -0.4 is 0 Å². The molecule has 0 heterocycles. The highest BCUT2D eigenvalue weighted by Crippen LogP contribution is 2.15. The van der Waals surface area contributed by atoms with Crippen LogP contribution in [0.4, 0.5) is 0 Å². The van der Waals surface area contributed by atoms with E-state index in [1.165, 1.54) is 31.3 Å². The van der Waals surface area contributed by atoms with Gasteiger partial charge in [0.25, 0.3) is 0 Å². The molecule has 0 aromatic heterocycles. The SMILES string of the molecule is C=C(/C=C/C)C(=C)CCCCCC. The third kappa shape index (κ3) is 6.39. The zero-order chi connectivity index (χ0) is 10.1. The fourth-order valence-corrected chi connectivity index (χ4v) is 1.24. The summed E-state index contributed by atoms with van der Waals surface area (Å²) in [5.41, 5.74) is 2.27. The van der Waals surface area contributed by atoms with Crippen molar-refractivity contribution in [3.8, 4) is 0 Å². The summed E-state index contributed by atoms with van der Waals surface area (Å²) in [5.74, 6) is 0. The van der Waals surface area contributed by atoms with E-state index < -0.39 is 0 Å². The maximum Gasteiger partial charge on any atom is -0.0279 e. The fraction of sp³-hybridized carbons (Fsp3) is 0.538. The molecule has 0 aliphatic heterocycles. The maximum atomic E-state index is 4.02. The molecule has 0 bridgehead atoms. The second-order valence-corrected chi connectivity index (χ2v) is 3.44. The lowest BCUT2D eigenvalue weighted by Gasteiger charge is -2.04. The summed E-state index contributed by atoms with van der Waals surface area (Å²) in [7, 11) is 0. The van der Waals surface area contributed by atoms with Gasteiger partial charge in [-0.2, -0.15) is 0 Å². The van der Waals surface area contributed by atoms with Crippen molar-refractivity contribution < 1.29 is 0 Å². The van der Waals surface area contributed by atoms with Crippen LogP contribution >= 0.6 is 0 Å². The molecule has 0 aliphatic carbocycles. The molecule has 0 saturated carbocycles. The van der Waals surface area contributed by atoms with E-state index in [2.05, 4.69) is 20.1 Å². The predicted octanol–water partition coefficient (Wildman–Crippen LogP) is 4.65. The largest absolute Gasteiger partial charge is 0.0953 e. The number of hydrogen-bond acceptors (Lipinski definition) is 0. The van der Waals surface area contributed by atoms with Gasteiger partial charge in [0.2, 0.25) is 0 Å². The molecule has 74 valence electrons. The average molecular weight is 178 g/mol. The van der Waals surface area contributed by atoms with E-state index in [-0.39, 0.29) is 0 Å². The molecule has 0 spiro atoms. The quantitative estimate of drug-likeness (QED) is 0.393. The smallest absolute Gasteiger partial charge is 0.0279 e. The Labute approximate surface area is 83.0 Å². The molecule has 0 saturated heterocycles. The highest BCUT2D eigenvalue weighted by atomic mass is 14.0. The van der Waals surface area contributed by atoms with E-state index in [1.54, 1.807) is 0 Å². The Morgan fingerprint density at radius 1 is 1.15 bits per heavy atom. The normalized spacial score (nSPS) is 10.6. The lowest BCUT2D eigenvalue weighted by Crippen LogP contribution is -1.84. The molecular formula is C13H22. The Bertz CT molecular complexity index is 184. The van der Waals surface area contributed by atoms with Crippen LogP contribution in [0, 0.1) is 0 Å². The van der Waals surface area contributed by atoms with E-state index in [0.29, 0.717) is 0 Å². The summed E-state index contributed by atoms with van der Waals surface area (Å²) in [5, 5.41) is 0. The average Bonchev–Trinajstić information content (AvgIpc) is 2.12. The zero-order valence-electron chi connectivity index (χ0n) is 9.10. The minimum Gasteiger partial charge on any atom is -0.0953 e. The lowest BCUT2D eigenvalue weighted by molar-refractivity contribution is 0.667. The standard InChI is InChI=1S/C13H22/c1-5-7-8-9-11-13(4)12(3)10-6-2/h6,10H,3-5,7-9,11H2,1-2H3/b10-6+. The van der Waals surface area contributed by atoms with Crippen molar-refractivity contribution in [3.63, 3.8) is 0 Å². The summed E-state index contributed by atoms with van der Waals surface area (Å²) in [6, 6.07) is 0. The highest BCUT2D eigenvalue weighted by Gasteiger charge is 1.96. The molecular weight excluding hydrogens is 156 g/mol. The topological polar surface area (TPSA) is 0 Å². The zero-order valence-corrected chi connectivity index (χ0v) is 9.10. The van der Waals surface area contributed by atoms with Crippen LogP contribution in [0.1, 0.15) is 46.0 Å². The number of hydrogen-bond donors (Lipinski definition) is 0. The van der Waals surface area contributed by atoms with E-state index in [9.17, 15) is 0 Å². The summed E-state index contributed by atoms with van der Waals surface area (Å²) in [4.78, 5) is 0. The van der Waals surface area contributed by atoms with Crippen molar-refractivity contribution in [1.29, 1.82) is 0 Å². The van der Waals surface area contributed by atoms with E-state index in [4.69, 9.17) is 0 Å². The van der Waals surface area contributed by atoms with Gasteiger partial charge in [-0.15, -0.1) is 0 Å². The summed E-state index contributed by atoms with van der Waals surface area (Å²) in [6.45, 7) is 12.2. The van der Waals surface area contributed by atoms with E-state index in [0.717, 1.165) is 12.0 Å². The molecule has 0 nitrogen and oxygen atoms in total. The fourth-order valence-electron chi connectivity index (χ4n) is 1.24. The van der Waals surface area contributed by atoms with Crippen molar-refractivity contribution >= 4 is 0 Å². The molecule has 13 heavy (non-hydrogen) atoms. The first kappa shape index (κ1) is 12.2. The van der Waals surface area contributed by atoms with Gasteiger partial charge < -0.3 is 0 Å². The molecule has 0 aliphatic rings. The Hall–Kier alpha value is -0.780. The van der Waals surface area contributed by atoms with Gasteiger partial charge in [-0.1, -0.05) is 51.5 Å². The first-order chi connectivity index (χ1) is 6.22. The van der Waals surface area contributed by atoms with Crippen molar-refractivity contribution in [3.05, 3.63) is 36.5 Å². The van der Waals surface area contributed by atoms with Gasteiger partial charge in [0.15, 0.2) is 0 Å². The molecule has 0 aromatic rings. The van der Waals surface area contributed by atoms with Crippen LogP contribution in [-0.2, 0) is 0 Å². The van der Waals surface area contributed by atoms with Crippen molar-refractivity contribution in [2.24, 2.45) is 0 Å². The maximum absolute atomic E-state index is 4.02. The van der Waals surface area contributed by atoms with Crippen molar-refractivity contribution in [2.45, 2.75) is 46.0 Å². The molecule has 0 rings (SSSR count). The van der Waals surface area contributed by atoms with Crippen LogP contribution in [0.25, 0.3) is 0 Å². The first-order valence-electron chi connectivity index (χ1n) is 5.22. The van der Waals surface area contributed by atoms with Crippen molar-refractivity contribution in [1.82, 2.24) is 0 Å². The molecule has 0 radical (unpaired) electrons. The number of rotatable bonds is 7. The van der Waals surface area contributed by atoms with Gasteiger partial charge in [0.05, 0.1) is 0 Å². The van der Waals surface area contributed by atoms with Crippen LogP contribution in [-0.4, -0.2) is 0 Å². The second kappa shape index (κ2) is 7.85.